The van der Waals surface area contributed by atoms with E-state index >= 15 is 0 Å². The molecule has 2 aromatic rings. The fraction of sp³-hybridized carbons (Fsp3) is 0.444. The van der Waals surface area contributed by atoms with Gasteiger partial charge in [0.15, 0.2) is 5.16 Å². The number of aromatic amines is 1. The number of thioether (sulfide) groups is 1. The monoisotopic (exact) mass is 442 g/mol. The van der Waals surface area contributed by atoms with Gasteiger partial charge in [0.2, 0.25) is 11.8 Å². The van der Waals surface area contributed by atoms with Crippen LogP contribution in [0.4, 0.5) is 13.2 Å². The van der Waals surface area contributed by atoms with Crippen LogP contribution in [0.25, 0.3) is 0 Å². The number of carbonyl (C=O) groups is 2. The minimum absolute atomic E-state index is 0.0671. The van der Waals surface area contributed by atoms with Gasteiger partial charge in [0.05, 0.1) is 18.0 Å². The first-order valence-electron chi connectivity index (χ1n) is 9.26. The third-order valence-electron chi connectivity index (χ3n) is 4.57. The van der Waals surface area contributed by atoms with Crippen LogP contribution < -0.4 is 10.6 Å². The molecule has 162 valence electrons. The van der Waals surface area contributed by atoms with Crippen molar-refractivity contribution < 1.29 is 22.8 Å². The molecule has 8 nitrogen and oxygen atoms in total. The number of hydrogen-bond acceptors (Lipinski definition) is 6. The molecule has 0 aliphatic carbocycles. The molecule has 30 heavy (non-hydrogen) atoms. The Labute approximate surface area is 175 Å². The Morgan fingerprint density at radius 1 is 1.33 bits per heavy atom. The van der Waals surface area contributed by atoms with Crippen LogP contribution in [0.15, 0.2) is 35.7 Å². The summed E-state index contributed by atoms with van der Waals surface area (Å²) in [6.07, 6.45) is -3.23. The van der Waals surface area contributed by atoms with Crippen molar-refractivity contribution in [3.63, 3.8) is 0 Å². The number of halogens is 3. The zero-order chi connectivity index (χ0) is 21.6. The Bertz CT molecular complexity index is 862. The van der Waals surface area contributed by atoms with E-state index in [0.717, 1.165) is 6.07 Å². The van der Waals surface area contributed by atoms with E-state index in [1.165, 1.54) is 36.3 Å². The lowest BCUT2D eigenvalue weighted by atomic mass is 10.0. The van der Waals surface area contributed by atoms with Crippen LogP contribution in [0, 0.1) is 0 Å². The summed E-state index contributed by atoms with van der Waals surface area (Å²) in [7, 11) is 0. The van der Waals surface area contributed by atoms with E-state index in [9.17, 15) is 22.8 Å². The fourth-order valence-electron chi connectivity index (χ4n) is 3.18. The van der Waals surface area contributed by atoms with Gasteiger partial charge in [-0.2, -0.15) is 18.3 Å². The highest BCUT2D eigenvalue weighted by molar-refractivity contribution is 7.99. The average molecular weight is 442 g/mol. The number of aromatic nitrogens is 3. The lowest BCUT2D eigenvalue weighted by molar-refractivity contribution is -0.139. The molecule has 0 radical (unpaired) electrons. The average Bonchev–Trinajstić information content (AvgIpc) is 3.21. The number of rotatable bonds is 8. The van der Waals surface area contributed by atoms with Gasteiger partial charge >= 0.3 is 6.18 Å². The molecule has 12 heteroatoms. The van der Waals surface area contributed by atoms with E-state index in [1.807, 2.05) is 0 Å². The molecule has 1 aliphatic heterocycles. The van der Waals surface area contributed by atoms with Crippen LogP contribution in [-0.2, 0) is 22.3 Å². The fourth-order valence-corrected chi connectivity index (χ4v) is 3.81. The van der Waals surface area contributed by atoms with Gasteiger partial charge in [0.25, 0.3) is 0 Å². The van der Waals surface area contributed by atoms with Crippen molar-refractivity contribution in [2.45, 2.75) is 30.3 Å². The van der Waals surface area contributed by atoms with Crippen LogP contribution in [0.3, 0.4) is 0 Å². The molecule has 0 spiro atoms. The van der Waals surface area contributed by atoms with Gasteiger partial charge in [0, 0.05) is 31.9 Å². The van der Waals surface area contributed by atoms with Crippen molar-refractivity contribution in [1.82, 2.24) is 30.7 Å². The van der Waals surface area contributed by atoms with E-state index in [0.29, 0.717) is 30.5 Å². The maximum absolute atomic E-state index is 13.3. The minimum Gasteiger partial charge on any atom is -0.355 e. The first kappa shape index (κ1) is 22.1. The Hall–Kier alpha value is -2.60. The number of hydrogen-bond donors (Lipinski definition) is 3. The third kappa shape index (κ3) is 5.95. The van der Waals surface area contributed by atoms with Gasteiger partial charge in [-0.15, -0.1) is 0 Å². The second kappa shape index (κ2) is 9.94. The topological polar surface area (TPSA) is 103 Å². The molecule has 2 amide bonds. The number of H-pyrrole nitrogens is 1. The maximum Gasteiger partial charge on any atom is 0.416 e. The largest absolute Gasteiger partial charge is 0.416 e. The van der Waals surface area contributed by atoms with Gasteiger partial charge < -0.3 is 10.6 Å². The molecule has 1 fully saturated rings. The smallest absolute Gasteiger partial charge is 0.355 e. The first-order valence-corrected chi connectivity index (χ1v) is 10.2. The lowest BCUT2D eigenvalue weighted by Crippen LogP contribution is -2.56. The van der Waals surface area contributed by atoms with Gasteiger partial charge in [-0.05, 0) is 11.6 Å². The summed E-state index contributed by atoms with van der Waals surface area (Å²) in [6, 6.07) is 4.45. The van der Waals surface area contributed by atoms with E-state index in [1.54, 1.807) is 4.90 Å². The number of alkyl halides is 3. The third-order valence-corrected chi connectivity index (χ3v) is 5.45. The van der Waals surface area contributed by atoms with Crippen molar-refractivity contribution in [3.05, 3.63) is 41.7 Å². The highest BCUT2D eigenvalue weighted by Crippen LogP contribution is 2.32. The van der Waals surface area contributed by atoms with Crippen LogP contribution in [-0.4, -0.2) is 63.3 Å². The Balaban J connectivity index is 1.58. The lowest BCUT2D eigenvalue weighted by Gasteiger charge is -2.35. The van der Waals surface area contributed by atoms with E-state index in [-0.39, 0.29) is 30.3 Å². The number of benzene rings is 1. The van der Waals surface area contributed by atoms with Crippen molar-refractivity contribution in [2.75, 3.05) is 25.4 Å². The maximum atomic E-state index is 13.3. The van der Waals surface area contributed by atoms with Crippen LogP contribution in [0.5, 0.6) is 0 Å². The molecule has 0 bridgehead atoms. The molecule has 1 atom stereocenters. The zero-order valence-corrected chi connectivity index (χ0v) is 16.7. The van der Waals surface area contributed by atoms with E-state index in [2.05, 4.69) is 25.8 Å². The molecule has 1 aromatic heterocycles. The predicted octanol–water partition coefficient (Wildman–Crippen LogP) is 1.42. The van der Waals surface area contributed by atoms with Crippen molar-refractivity contribution in [2.24, 2.45) is 0 Å². The second-order valence-electron chi connectivity index (χ2n) is 6.63. The summed E-state index contributed by atoms with van der Waals surface area (Å²) in [5.74, 6) is -0.151. The zero-order valence-electron chi connectivity index (χ0n) is 15.9. The van der Waals surface area contributed by atoms with E-state index in [4.69, 9.17) is 0 Å². The molecule has 2 heterocycles. The molecule has 0 saturated carbocycles. The molecule has 3 rings (SSSR count). The van der Waals surface area contributed by atoms with Crippen LogP contribution >= 0.6 is 11.8 Å². The molecular weight excluding hydrogens is 421 g/mol. The van der Waals surface area contributed by atoms with E-state index < -0.39 is 17.8 Å². The number of piperazine rings is 1. The first-order chi connectivity index (χ1) is 14.3. The van der Waals surface area contributed by atoms with Gasteiger partial charge in [-0.3, -0.25) is 19.6 Å². The summed E-state index contributed by atoms with van der Waals surface area (Å²) in [5.41, 5.74) is -0.655. The molecule has 3 N–H and O–H groups in total. The number of carbonyl (C=O) groups excluding carboxylic acids is 2. The Morgan fingerprint density at radius 2 is 2.13 bits per heavy atom. The number of nitrogens with one attached hydrogen (secondary N) is 3. The summed E-state index contributed by atoms with van der Waals surface area (Å²) >= 11 is 1.38. The van der Waals surface area contributed by atoms with Gasteiger partial charge in [-0.1, -0.05) is 30.0 Å². The second-order valence-corrected chi connectivity index (χ2v) is 7.71. The summed E-state index contributed by atoms with van der Waals surface area (Å²) in [5, 5.41) is 12.4. The van der Waals surface area contributed by atoms with Crippen molar-refractivity contribution >= 4 is 23.6 Å². The number of amides is 2. The predicted molar refractivity (Wildman–Crippen MR) is 103 cm³/mol. The highest BCUT2D eigenvalue weighted by atomic mass is 32.2. The quantitative estimate of drug-likeness (QED) is 0.422. The standard InChI is InChI=1S/C18H21F3N6O2S/c19-18(20,21)13-4-2-1-3-12(13)10-27-7-5-23-16(29)14(27)9-15(28)22-6-8-30-17-24-11-25-26-17/h1-4,11,14H,5-10H2,(H,22,28)(H,23,29)(H,24,25,26). The molecule has 1 aromatic carbocycles. The summed E-state index contributed by atoms with van der Waals surface area (Å²) < 4.78 is 39.9. The normalized spacial score (nSPS) is 17.6. The van der Waals surface area contributed by atoms with Crippen LogP contribution in [0.2, 0.25) is 0 Å². The summed E-state index contributed by atoms with van der Waals surface area (Å²) in [6.45, 7) is 0.966. The highest BCUT2D eigenvalue weighted by Gasteiger charge is 2.36. The van der Waals surface area contributed by atoms with Crippen molar-refractivity contribution in [3.8, 4) is 0 Å². The Kier molecular flexibility index (Phi) is 7.32. The molecular formula is C18H21F3N6O2S. The minimum atomic E-state index is -4.48. The number of nitrogens with zero attached hydrogens (tertiary/aromatic N) is 3. The molecule has 1 aliphatic rings. The summed E-state index contributed by atoms with van der Waals surface area (Å²) in [4.78, 5) is 30.2. The van der Waals surface area contributed by atoms with Crippen molar-refractivity contribution in [1.29, 1.82) is 0 Å². The molecule has 1 unspecified atom stereocenters. The van der Waals surface area contributed by atoms with Gasteiger partial charge in [0.1, 0.15) is 6.33 Å². The Morgan fingerprint density at radius 3 is 2.87 bits per heavy atom. The van der Waals surface area contributed by atoms with Gasteiger partial charge in [-0.25, -0.2) is 4.98 Å². The molecule has 1 saturated heterocycles. The van der Waals surface area contributed by atoms with Crippen LogP contribution in [0.1, 0.15) is 17.5 Å². The SMILES string of the molecule is O=C(CC1C(=O)NCCN1Cc1ccccc1C(F)(F)F)NCCSc1ncn[nH]1.